The van der Waals surface area contributed by atoms with E-state index in [9.17, 15) is 8.42 Å². The Balaban J connectivity index is 1.77. The fourth-order valence-electron chi connectivity index (χ4n) is 4.46. The van der Waals surface area contributed by atoms with Crippen molar-refractivity contribution in [3.8, 4) is 0 Å². The highest BCUT2D eigenvalue weighted by Gasteiger charge is 2.39. The van der Waals surface area contributed by atoms with Gasteiger partial charge in [-0.25, -0.2) is 8.42 Å². The molecule has 0 radical (unpaired) electrons. The second-order valence-electron chi connectivity index (χ2n) is 7.31. The molecule has 1 aromatic carbocycles. The molecular formula is C18H25N3O2S2. The molecular weight excluding hydrogens is 354 g/mol. The first kappa shape index (κ1) is 17.4. The van der Waals surface area contributed by atoms with E-state index in [1.54, 1.807) is 12.1 Å². The average molecular weight is 380 g/mol. The fourth-order valence-corrected chi connectivity index (χ4v) is 7.15. The second-order valence-corrected chi connectivity index (χ2v) is 9.65. The van der Waals surface area contributed by atoms with Crippen molar-refractivity contribution in [2.24, 2.45) is 0 Å². The van der Waals surface area contributed by atoms with E-state index in [1.165, 1.54) is 12.8 Å². The lowest BCUT2D eigenvalue weighted by Gasteiger charge is -2.40. The van der Waals surface area contributed by atoms with Gasteiger partial charge in [-0.05, 0) is 37.8 Å². The van der Waals surface area contributed by atoms with Gasteiger partial charge in [0.05, 0.1) is 11.7 Å². The molecule has 0 amide bonds. The standard InChI is InChI=1S/C18H25N3O2S2/c22-25(23,17-13-7-12-16-18(17)20-24-19-16)21(14-8-3-1-4-9-14)15-10-5-2-6-11-15/h7,12-15H,1-6,8-11H2. The molecule has 2 aromatic rings. The average Bonchev–Trinajstić information content (AvgIpc) is 3.12. The summed E-state index contributed by atoms with van der Waals surface area (Å²) in [6, 6.07) is 5.62. The minimum atomic E-state index is -3.56. The van der Waals surface area contributed by atoms with Crippen LogP contribution in [0.1, 0.15) is 64.2 Å². The first-order valence-corrected chi connectivity index (χ1v) is 11.6. The molecule has 0 N–H and O–H groups in total. The number of nitrogens with zero attached hydrogens (tertiary/aromatic N) is 3. The predicted molar refractivity (Wildman–Crippen MR) is 100 cm³/mol. The van der Waals surface area contributed by atoms with Gasteiger partial charge in [-0.1, -0.05) is 44.6 Å². The van der Waals surface area contributed by atoms with E-state index in [-0.39, 0.29) is 12.1 Å². The largest absolute Gasteiger partial charge is 0.245 e. The first-order valence-electron chi connectivity index (χ1n) is 9.43. The molecule has 136 valence electrons. The zero-order valence-corrected chi connectivity index (χ0v) is 16.1. The van der Waals surface area contributed by atoms with Crippen LogP contribution in [0.5, 0.6) is 0 Å². The molecule has 0 atom stereocenters. The number of hydrogen-bond acceptors (Lipinski definition) is 5. The van der Waals surface area contributed by atoms with Gasteiger partial charge in [-0.15, -0.1) is 0 Å². The summed E-state index contributed by atoms with van der Waals surface area (Å²) in [5.74, 6) is 0. The molecule has 2 saturated carbocycles. The van der Waals surface area contributed by atoms with Gasteiger partial charge in [0, 0.05) is 12.1 Å². The van der Waals surface area contributed by atoms with Crippen LogP contribution in [0.15, 0.2) is 23.1 Å². The van der Waals surface area contributed by atoms with Crippen molar-refractivity contribution in [3.63, 3.8) is 0 Å². The zero-order chi connectivity index (χ0) is 17.3. The second kappa shape index (κ2) is 7.29. The molecule has 7 heteroatoms. The van der Waals surface area contributed by atoms with Crippen molar-refractivity contribution in [3.05, 3.63) is 18.2 Å². The summed E-state index contributed by atoms with van der Waals surface area (Å²) in [6.07, 6.45) is 10.9. The van der Waals surface area contributed by atoms with E-state index in [2.05, 4.69) is 8.75 Å². The molecule has 0 unspecified atom stereocenters. The monoisotopic (exact) mass is 379 g/mol. The Morgan fingerprint density at radius 1 is 0.880 bits per heavy atom. The van der Waals surface area contributed by atoms with E-state index in [0.29, 0.717) is 15.9 Å². The Kier molecular flexibility index (Phi) is 5.06. The minimum Gasteiger partial charge on any atom is -0.207 e. The van der Waals surface area contributed by atoms with Gasteiger partial charge in [0.25, 0.3) is 0 Å². The van der Waals surface area contributed by atoms with Crippen molar-refractivity contribution >= 4 is 32.8 Å². The molecule has 0 bridgehead atoms. The normalized spacial score (nSPS) is 21.2. The highest BCUT2D eigenvalue weighted by atomic mass is 32.2. The Morgan fingerprint density at radius 3 is 2.08 bits per heavy atom. The van der Waals surface area contributed by atoms with Crippen LogP contribution in [0, 0.1) is 0 Å². The summed E-state index contributed by atoms with van der Waals surface area (Å²) < 4.78 is 37.8. The molecule has 2 aliphatic rings. The third-order valence-electron chi connectivity index (χ3n) is 5.67. The van der Waals surface area contributed by atoms with Gasteiger partial charge >= 0.3 is 0 Å². The molecule has 0 spiro atoms. The quantitative estimate of drug-likeness (QED) is 0.792. The predicted octanol–water partition coefficient (Wildman–Crippen LogP) is 4.35. The van der Waals surface area contributed by atoms with E-state index >= 15 is 0 Å². The van der Waals surface area contributed by atoms with Crippen molar-refractivity contribution < 1.29 is 8.42 Å². The van der Waals surface area contributed by atoms with Gasteiger partial charge in [-0.2, -0.15) is 13.1 Å². The first-order chi connectivity index (χ1) is 12.2. The summed E-state index contributed by atoms with van der Waals surface area (Å²) in [6.45, 7) is 0. The van der Waals surface area contributed by atoms with Crippen LogP contribution in [0.25, 0.3) is 11.0 Å². The number of fused-ring (bicyclic) bond motifs is 1. The van der Waals surface area contributed by atoms with Crippen molar-refractivity contribution in [2.45, 2.75) is 81.2 Å². The molecule has 4 rings (SSSR count). The molecule has 0 aliphatic heterocycles. The summed E-state index contributed by atoms with van der Waals surface area (Å²) in [7, 11) is -3.56. The van der Waals surface area contributed by atoms with Gasteiger partial charge in [-0.3, -0.25) is 0 Å². The highest BCUT2D eigenvalue weighted by molar-refractivity contribution is 7.89. The summed E-state index contributed by atoms with van der Waals surface area (Å²) in [4.78, 5) is 0.342. The maximum absolute atomic E-state index is 13.7. The molecule has 5 nitrogen and oxygen atoms in total. The van der Waals surface area contributed by atoms with Gasteiger partial charge in [0.1, 0.15) is 15.9 Å². The summed E-state index contributed by atoms with van der Waals surface area (Å²) >= 11 is 1.08. The lowest BCUT2D eigenvalue weighted by molar-refractivity contribution is 0.170. The van der Waals surface area contributed by atoms with Crippen LogP contribution in [-0.4, -0.2) is 33.6 Å². The number of aromatic nitrogens is 2. The van der Waals surface area contributed by atoms with Gasteiger partial charge in [0.2, 0.25) is 10.0 Å². The molecule has 1 aromatic heterocycles. The maximum Gasteiger partial charge on any atom is 0.245 e. The van der Waals surface area contributed by atoms with Crippen LogP contribution >= 0.6 is 11.7 Å². The van der Waals surface area contributed by atoms with E-state index in [0.717, 1.165) is 63.1 Å². The smallest absolute Gasteiger partial charge is 0.207 e. The molecule has 0 saturated heterocycles. The highest BCUT2D eigenvalue weighted by Crippen LogP contribution is 2.36. The topological polar surface area (TPSA) is 63.2 Å². The van der Waals surface area contributed by atoms with Crippen LogP contribution in [0.2, 0.25) is 0 Å². The van der Waals surface area contributed by atoms with E-state index in [4.69, 9.17) is 0 Å². The van der Waals surface area contributed by atoms with Crippen molar-refractivity contribution in [1.82, 2.24) is 13.1 Å². The SMILES string of the molecule is O=S(=O)(c1cccc2nsnc12)N(C1CCCCC1)C1CCCCC1. The third kappa shape index (κ3) is 3.34. The maximum atomic E-state index is 13.7. The Bertz CT molecular complexity index is 804. The van der Waals surface area contributed by atoms with Crippen LogP contribution in [-0.2, 0) is 10.0 Å². The fraction of sp³-hybridized carbons (Fsp3) is 0.667. The van der Waals surface area contributed by atoms with Crippen LogP contribution in [0.3, 0.4) is 0 Å². The minimum absolute atomic E-state index is 0.142. The van der Waals surface area contributed by atoms with E-state index < -0.39 is 10.0 Å². The molecule has 1 heterocycles. The van der Waals surface area contributed by atoms with Crippen LogP contribution in [0.4, 0.5) is 0 Å². The van der Waals surface area contributed by atoms with E-state index in [1.807, 2.05) is 10.4 Å². The third-order valence-corrected chi connectivity index (χ3v) is 8.25. The Morgan fingerprint density at radius 2 is 1.48 bits per heavy atom. The summed E-state index contributed by atoms with van der Waals surface area (Å²) in [5, 5.41) is 0. The molecule has 2 fully saturated rings. The van der Waals surface area contributed by atoms with Crippen LogP contribution < -0.4 is 0 Å². The van der Waals surface area contributed by atoms with Gasteiger partial charge in [0.15, 0.2) is 0 Å². The van der Waals surface area contributed by atoms with Gasteiger partial charge < -0.3 is 0 Å². The molecule has 2 aliphatic carbocycles. The van der Waals surface area contributed by atoms with Crippen molar-refractivity contribution in [1.29, 1.82) is 0 Å². The number of rotatable bonds is 4. The lowest BCUT2D eigenvalue weighted by Crippen LogP contribution is -2.48. The van der Waals surface area contributed by atoms with Crippen molar-refractivity contribution in [2.75, 3.05) is 0 Å². The number of benzene rings is 1. The Hall–Kier alpha value is -1.05. The summed E-state index contributed by atoms with van der Waals surface area (Å²) in [5.41, 5.74) is 1.21. The zero-order valence-electron chi connectivity index (χ0n) is 14.4. The lowest BCUT2D eigenvalue weighted by atomic mass is 9.91. The number of sulfonamides is 1. The molecule has 25 heavy (non-hydrogen) atoms. The number of hydrogen-bond donors (Lipinski definition) is 0. The Labute approximate surface area is 153 Å².